The number of hydrogen-bond acceptors (Lipinski definition) is 4. The van der Waals surface area contributed by atoms with E-state index in [1.165, 1.54) is 0 Å². The van der Waals surface area contributed by atoms with Crippen LogP contribution in [0.2, 0.25) is 0 Å². The van der Waals surface area contributed by atoms with Crippen LogP contribution in [0, 0.1) is 0 Å². The molecule has 2 amide bonds. The molecular formula is C17H24N4O2S. The number of aryl methyl sites for hydroxylation is 1. The Morgan fingerprint density at radius 3 is 3.12 bits per heavy atom. The quantitative estimate of drug-likeness (QED) is 0.817. The average molecular weight is 348 g/mol. The molecule has 2 aromatic heterocycles. The summed E-state index contributed by atoms with van der Waals surface area (Å²) < 4.78 is 8.02. The van der Waals surface area contributed by atoms with Crippen molar-refractivity contribution in [3.8, 4) is 0 Å². The molecule has 3 heterocycles. The Bertz CT molecular complexity index is 615. The maximum Gasteiger partial charge on any atom is 0.317 e. The smallest absolute Gasteiger partial charge is 0.317 e. The Balaban J connectivity index is 1.40. The second-order valence-corrected chi connectivity index (χ2v) is 6.92. The molecule has 0 spiro atoms. The monoisotopic (exact) mass is 348 g/mol. The van der Waals surface area contributed by atoms with Gasteiger partial charge in [0.05, 0.1) is 19.0 Å². The number of hydrogen-bond donors (Lipinski definition) is 1. The van der Waals surface area contributed by atoms with Crippen LogP contribution in [0.5, 0.6) is 0 Å². The second-order valence-electron chi connectivity index (χ2n) is 6.14. The lowest BCUT2D eigenvalue weighted by Gasteiger charge is -2.36. The number of thiophene rings is 1. The number of ether oxygens (including phenoxy) is 1. The molecule has 1 N–H and O–H groups in total. The minimum Gasteiger partial charge on any atom is -0.367 e. The summed E-state index contributed by atoms with van der Waals surface area (Å²) in [5.41, 5.74) is 1.16. The molecular weight excluding hydrogens is 324 g/mol. The van der Waals surface area contributed by atoms with Gasteiger partial charge in [0.1, 0.15) is 6.10 Å². The summed E-state index contributed by atoms with van der Waals surface area (Å²) in [4.78, 5) is 18.3. The van der Waals surface area contributed by atoms with E-state index in [0.29, 0.717) is 19.6 Å². The average Bonchev–Trinajstić information content (AvgIpc) is 3.27. The lowest BCUT2D eigenvalue weighted by Crippen LogP contribution is -2.50. The summed E-state index contributed by atoms with van der Waals surface area (Å²) in [5.74, 6) is 0. The molecule has 6 nitrogen and oxygen atoms in total. The first kappa shape index (κ1) is 17.0. The first-order valence-corrected chi connectivity index (χ1v) is 9.32. The topological polar surface area (TPSA) is 59.4 Å². The zero-order valence-electron chi connectivity index (χ0n) is 13.9. The summed E-state index contributed by atoms with van der Waals surface area (Å²) >= 11 is 1.66. The fourth-order valence-corrected chi connectivity index (χ4v) is 3.61. The van der Waals surface area contributed by atoms with Crippen molar-refractivity contribution < 1.29 is 9.53 Å². The molecule has 0 radical (unpaired) electrons. The van der Waals surface area contributed by atoms with Crippen LogP contribution in [-0.2, 0) is 11.3 Å². The van der Waals surface area contributed by atoms with Gasteiger partial charge in [-0.05, 0) is 42.2 Å². The van der Waals surface area contributed by atoms with E-state index in [0.717, 1.165) is 24.9 Å². The molecule has 1 aliphatic rings. The van der Waals surface area contributed by atoms with Crippen LogP contribution in [0.4, 0.5) is 4.79 Å². The van der Waals surface area contributed by atoms with Crippen molar-refractivity contribution in [1.82, 2.24) is 19.8 Å². The van der Waals surface area contributed by atoms with E-state index in [1.807, 2.05) is 29.7 Å². The second kappa shape index (κ2) is 8.30. The fourth-order valence-electron chi connectivity index (χ4n) is 2.91. The fraction of sp³-hybridized carbons (Fsp3) is 0.529. The van der Waals surface area contributed by atoms with E-state index >= 15 is 0 Å². The molecule has 2 atom stereocenters. The number of unbranched alkanes of at least 4 members (excludes halogenated alkanes) is 1. The van der Waals surface area contributed by atoms with E-state index in [9.17, 15) is 4.79 Å². The number of aromatic nitrogens is 2. The summed E-state index contributed by atoms with van der Waals surface area (Å²) in [7, 11) is 0. The first-order valence-electron chi connectivity index (χ1n) is 8.38. The van der Waals surface area contributed by atoms with Gasteiger partial charge in [0.15, 0.2) is 0 Å². The number of carbonyl (C=O) groups is 1. The molecule has 130 valence electrons. The van der Waals surface area contributed by atoms with Crippen LogP contribution in [-0.4, -0.2) is 46.2 Å². The van der Waals surface area contributed by atoms with Gasteiger partial charge in [-0.15, -0.1) is 0 Å². The zero-order valence-corrected chi connectivity index (χ0v) is 14.7. The molecule has 0 bridgehead atoms. The molecule has 2 aromatic rings. The Kier molecular flexibility index (Phi) is 5.87. The molecule has 1 aliphatic heterocycles. The maximum absolute atomic E-state index is 12.4. The van der Waals surface area contributed by atoms with Gasteiger partial charge in [0.25, 0.3) is 0 Å². The lowest BCUT2D eigenvalue weighted by atomic mass is 10.1. The predicted molar refractivity (Wildman–Crippen MR) is 94.0 cm³/mol. The van der Waals surface area contributed by atoms with E-state index in [2.05, 4.69) is 26.3 Å². The van der Waals surface area contributed by atoms with E-state index in [4.69, 9.17) is 4.74 Å². The van der Waals surface area contributed by atoms with Crippen molar-refractivity contribution in [3.05, 3.63) is 41.1 Å². The summed E-state index contributed by atoms with van der Waals surface area (Å²) in [6.45, 7) is 4.90. The van der Waals surface area contributed by atoms with Gasteiger partial charge >= 0.3 is 6.03 Å². The Hall–Kier alpha value is -1.86. The highest BCUT2D eigenvalue weighted by Gasteiger charge is 2.29. The number of urea groups is 1. The van der Waals surface area contributed by atoms with Crippen LogP contribution in [0.15, 0.2) is 35.5 Å². The molecule has 0 aliphatic carbocycles. The van der Waals surface area contributed by atoms with Crippen molar-refractivity contribution in [3.63, 3.8) is 0 Å². The van der Waals surface area contributed by atoms with Crippen LogP contribution in [0.3, 0.4) is 0 Å². The van der Waals surface area contributed by atoms with Gasteiger partial charge in [-0.3, -0.25) is 0 Å². The van der Waals surface area contributed by atoms with Crippen LogP contribution >= 0.6 is 11.3 Å². The molecule has 3 rings (SSSR count). The number of carbonyl (C=O) groups excluding carboxylic acids is 1. The number of amides is 2. The third-order valence-electron chi connectivity index (χ3n) is 4.14. The van der Waals surface area contributed by atoms with Crippen molar-refractivity contribution >= 4 is 17.4 Å². The standard InChI is InChI=1S/C17H24N4O2S/c1-14-10-21(11-16(23-14)15-4-9-24-12-15)17(22)19-5-2-3-7-20-8-6-18-13-20/h4,6,8-9,12-14,16H,2-3,5,7,10-11H2,1H3,(H,19,22)/t14-,16-/m0/s1. The summed E-state index contributed by atoms with van der Waals surface area (Å²) in [6.07, 6.45) is 7.57. The number of rotatable bonds is 6. The van der Waals surface area contributed by atoms with Crippen LogP contribution in [0.25, 0.3) is 0 Å². The van der Waals surface area contributed by atoms with E-state index < -0.39 is 0 Å². The Morgan fingerprint density at radius 1 is 1.46 bits per heavy atom. The summed E-state index contributed by atoms with van der Waals surface area (Å²) in [6, 6.07) is 2.08. The Morgan fingerprint density at radius 2 is 2.38 bits per heavy atom. The van der Waals surface area contributed by atoms with Gasteiger partial charge < -0.3 is 19.5 Å². The SMILES string of the molecule is C[C@H]1CN(C(=O)NCCCCn2ccnc2)C[C@@H](c2ccsc2)O1. The van der Waals surface area contributed by atoms with Crippen LogP contribution in [0.1, 0.15) is 31.4 Å². The highest BCUT2D eigenvalue weighted by Crippen LogP contribution is 2.26. The molecule has 0 aromatic carbocycles. The zero-order chi connectivity index (χ0) is 16.8. The number of nitrogens with one attached hydrogen (secondary N) is 1. The molecule has 0 saturated carbocycles. The predicted octanol–water partition coefficient (Wildman–Crippen LogP) is 2.90. The largest absolute Gasteiger partial charge is 0.367 e. The van der Waals surface area contributed by atoms with Gasteiger partial charge in [-0.1, -0.05) is 0 Å². The van der Waals surface area contributed by atoms with Crippen molar-refractivity contribution in [2.75, 3.05) is 19.6 Å². The van der Waals surface area contributed by atoms with Gasteiger partial charge in [0, 0.05) is 32.0 Å². The third kappa shape index (κ3) is 4.58. The number of morpholine rings is 1. The maximum atomic E-state index is 12.4. The summed E-state index contributed by atoms with van der Waals surface area (Å²) in [5, 5.41) is 7.16. The minimum atomic E-state index is -0.0213. The normalized spacial score (nSPS) is 21.0. The molecule has 1 saturated heterocycles. The lowest BCUT2D eigenvalue weighted by molar-refractivity contribution is -0.0654. The minimum absolute atomic E-state index is 0.00742. The third-order valence-corrected chi connectivity index (χ3v) is 4.84. The van der Waals surface area contributed by atoms with E-state index in [-0.39, 0.29) is 18.2 Å². The van der Waals surface area contributed by atoms with Crippen molar-refractivity contribution in [2.24, 2.45) is 0 Å². The first-order chi connectivity index (χ1) is 11.7. The molecule has 24 heavy (non-hydrogen) atoms. The van der Waals surface area contributed by atoms with Gasteiger partial charge in [0.2, 0.25) is 0 Å². The van der Waals surface area contributed by atoms with Gasteiger partial charge in [-0.25, -0.2) is 9.78 Å². The number of nitrogens with zero attached hydrogens (tertiary/aromatic N) is 3. The highest BCUT2D eigenvalue weighted by atomic mass is 32.1. The Labute approximate surface area is 146 Å². The highest BCUT2D eigenvalue weighted by molar-refractivity contribution is 7.07. The van der Waals surface area contributed by atoms with Crippen molar-refractivity contribution in [1.29, 1.82) is 0 Å². The molecule has 1 fully saturated rings. The molecule has 7 heteroatoms. The van der Waals surface area contributed by atoms with Crippen LogP contribution < -0.4 is 5.32 Å². The van der Waals surface area contributed by atoms with Crippen molar-refractivity contribution in [2.45, 2.75) is 38.5 Å². The molecule has 0 unspecified atom stereocenters. The van der Waals surface area contributed by atoms with Gasteiger partial charge in [-0.2, -0.15) is 11.3 Å². The number of imidazole rings is 1. The van der Waals surface area contributed by atoms with E-state index in [1.54, 1.807) is 17.5 Å².